The number of alkyl halides is 2. The predicted octanol–water partition coefficient (Wildman–Crippen LogP) is 3.57. The van der Waals surface area contributed by atoms with E-state index in [0.29, 0.717) is 16.4 Å². The number of likely N-dealkylation sites (tertiary alicyclic amines) is 1. The fraction of sp³-hybridized carbons (Fsp3) is 0.440. The Labute approximate surface area is 231 Å². The normalized spacial score (nSPS) is 21.2. The Hall–Kier alpha value is -3.00. The third kappa shape index (κ3) is 6.96. The summed E-state index contributed by atoms with van der Waals surface area (Å²) in [5.41, 5.74) is 0.653. The number of carbonyl (C=O) groups is 2. The maximum atomic E-state index is 14.6. The highest BCUT2D eigenvalue weighted by atomic mass is 35.5. The summed E-state index contributed by atoms with van der Waals surface area (Å²) in [6.45, 7) is 0.739. The Kier molecular flexibility index (Phi) is 8.94. The highest BCUT2D eigenvalue weighted by Crippen LogP contribution is 2.38. The summed E-state index contributed by atoms with van der Waals surface area (Å²) in [5, 5.41) is 14.5. The summed E-state index contributed by atoms with van der Waals surface area (Å²) in [7, 11) is 1.55. The van der Waals surface area contributed by atoms with Gasteiger partial charge in [0.1, 0.15) is 11.9 Å². The number of hydrogen-bond acceptors (Lipinski definition) is 9. The number of nitrogens with one attached hydrogen (secondary N) is 1. The first-order chi connectivity index (χ1) is 18.5. The van der Waals surface area contributed by atoms with E-state index in [-0.39, 0.29) is 42.5 Å². The molecule has 0 bridgehead atoms. The van der Waals surface area contributed by atoms with E-state index in [1.165, 1.54) is 33.3 Å². The lowest BCUT2D eigenvalue weighted by Crippen LogP contribution is -2.45. The number of likely N-dealkylation sites (N-methyl/N-ethyl adjacent to an activating group) is 1. The number of carboxylic acid groups (broad SMARTS) is 1. The molecule has 1 aromatic heterocycles. The van der Waals surface area contributed by atoms with Crippen molar-refractivity contribution >= 4 is 40.7 Å². The maximum absolute atomic E-state index is 14.6. The largest absolute Gasteiger partial charge is 0.480 e. The maximum Gasteiger partial charge on any atom is 0.338 e. The SMILES string of the molecule is CCOC(=O)C1=C(CN2CC(F)(F)CC2CN(C)CC(=O)O)NC(c2nccs2)=N[C@H]1c1ccc(F)cc1Cl. The molecular weight excluding hydrogens is 559 g/mol. The van der Waals surface area contributed by atoms with Crippen molar-refractivity contribution in [3.63, 3.8) is 0 Å². The summed E-state index contributed by atoms with van der Waals surface area (Å²) in [5.74, 6) is -5.09. The van der Waals surface area contributed by atoms with Gasteiger partial charge in [-0.3, -0.25) is 19.6 Å². The smallest absolute Gasteiger partial charge is 0.338 e. The molecule has 0 saturated carbocycles. The second kappa shape index (κ2) is 12.0. The highest BCUT2D eigenvalue weighted by molar-refractivity contribution is 7.11. The number of rotatable bonds is 10. The summed E-state index contributed by atoms with van der Waals surface area (Å²) in [6, 6.07) is 2.00. The lowest BCUT2D eigenvalue weighted by Gasteiger charge is -2.32. The molecule has 210 valence electrons. The molecule has 0 spiro atoms. The van der Waals surface area contributed by atoms with Crippen molar-refractivity contribution in [3.05, 3.63) is 62.5 Å². The minimum atomic E-state index is -3.01. The van der Waals surface area contributed by atoms with E-state index in [4.69, 9.17) is 21.4 Å². The van der Waals surface area contributed by atoms with E-state index in [9.17, 15) is 22.8 Å². The minimum absolute atomic E-state index is 0.0335. The van der Waals surface area contributed by atoms with Crippen molar-refractivity contribution in [2.24, 2.45) is 4.99 Å². The molecular formula is C25H27ClF3N5O4S. The first-order valence-electron chi connectivity index (χ1n) is 12.1. The number of nitrogens with zero attached hydrogens (tertiary/aromatic N) is 4. The molecule has 2 aromatic rings. The van der Waals surface area contributed by atoms with Crippen LogP contribution in [0.25, 0.3) is 0 Å². The van der Waals surface area contributed by atoms with Crippen molar-refractivity contribution in [1.29, 1.82) is 0 Å². The van der Waals surface area contributed by atoms with Crippen molar-refractivity contribution in [1.82, 2.24) is 20.1 Å². The number of ether oxygens (including phenoxy) is 1. The van der Waals surface area contributed by atoms with Crippen LogP contribution >= 0.6 is 22.9 Å². The first kappa shape index (κ1) is 29.0. The van der Waals surface area contributed by atoms with Gasteiger partial charge in [-0.25, -0.2) is 22.9 Å². The van der Waals surface area contributed by atoms with Crippen LogP contribution in [0.3, 0.4) is 0 Å². The zero-order valence-corrected chi connectivity index (χ0v) is 22.7. The lowest BCUT2D eigenvalue weighted by atomic mass is 9.95. The van der Waals surface area contributed by atoms with Crippen molar-refractivity contribution in [2.45, 2.75) is 31.4 Å². The fourth-order valence-corrected chi connectivity index (χ4v) is 5.61. The van der Waals surface area contributed by atoms with E-state index >= 15 is 0 Å². The van der Waals surface area contributed by atoms with Gasteiger partial charge in [-0.05, 0) is 26.1 Å². The number of aromatic nitrogens is 1. The van der Waals surface area contributed by atoms with Gasteiger partial charge in [-0.2, -0.15) is 0 Å². The number of hydrogen-bond donors (Lipinski definition) is 2. The fourth-order valence-electron chi connectivity index (χ4n) is 4.75. The Morgan fingerprint density at radius 1 is 1.38 bits per heavy atom. The molecule has 1 unspecified atom stereocenters. The van der Waals surface area contributed by atoms with Crippen LogP contribution in [-0.4, -0.2) is 89.5 Å². The summed E-state index contributed by atoms with van der Waals surface area (Å²) in [4.78, 5) is 36.3. The number of carbonyl (C=O) groups excluding carboxylic acids is 1. The molecule has 3 heterocycles. The van der Waals surface area contributed by atoms with Gasteiger partial charge in [0.15, 0.2) is 10.8 Å². The van der Waals surface area contributed by atoms with Crippen LogP contribution in [-0.2, 0) is 14.3 Å². The number of amidine groups is 1. The van der Waals surface area contributed by atoms with E-state index in [1.54, 1.807) is 25.5 Å². The molecule has 2 atom stereocenters. The number of aliphatic carboxylic acids is 1. The van der Waals surface area contributed by atoms with Crippen LogP contribution in [0.15, 0.2) is 46.0 Å². The standard InChI is InChI=1S/C25H27ClF3N5O4S/c1-3-38-24(37)20-18(11-34-13-25(28,29)9-15(34)10-33(2)12-19(35)36)31-22(23-30-6-7-39-23)32-21(20)16-5-4-14(27)8-17(16)26/h4-8,15,21H,3,9-13H2,1-2H3,(H,31,32)(H,35,36)/t15?,21-/m0/s1. The molecule has 0 amide bonds. The number of thiazole rings is 1. The molecule has 2 aliphatic rings. The Morgan fingerprint density at radius 2 is 2.15 bits per heavy atom. The second-order valence-corrected chi connectivity index (χ2v) is 10.6. The average molecular weight is 586 g/mol. The number of halogens is 4. The number of benzene rings is 1. The average Bonchev–Trinajstić information content (AvgIpc) is 3.46. The zero-order chi connectivity index (χ0) is 28.3. The van der Waals surface area contributed by atoms with Gasteiger partial charge < -0.3 is 15.2 Å². The molecule has 0 radical (unpaired) electrons. The van der Waals surface area contributed by atoms with Crippen molar-refractivity contribution in [2.75, 3.05) is 39.8 Å². The Morgan fingerprint density at radius 3 is 2.79 bits per heavy atom. The summed E-state index contributed by atoms with van der Waals surface area (Å²) < 4.78 is 48.5. The second-order valence-electron chi connectivity index (χ2n) is 9.33. The first-order valence-corrected chi connectivity index (χ1v) is 13.3. The number of esters is 1. The molecule has 4 rings (SSSR count). The number of carboxylic acids is 1. The van der Waals surface area contributed by atoms with Crippen molar-refractivity contribution in [3.8, 4) is 0 Å². The van der Waals surface area contributed by atoms with Gasteiger partial charge in [-0.1, -0.05) is 17.7 Å². The monoisotopic (exact) mass is 585 g/mol. The van der Waals surface area contributed by atoms with Gasteiger partial charge in [0, 0.05) is 53.4 Å². The van der Waals surface area contributed by atoms with E-state index in [1.807, 2.05) is 0 Å². The van der Waals surface area contributed by atoms with Crippen LogP contribution in [0.4, 0.5) is 13.2 Å². The van der Waals surface area contributed by atoms with Gasteiger partial charge in [0.2, 0.25) is 0 Å². The topological polar surface area (TPSA) is 107 Å². The highest BCUT2D eigenvalue weighted by Gasteiger charge is 2.46. The molecule has 1 fully saturated rings. The van der Waals surface area contributed by atoms with E-state index in [0.717, 1.165) is 6.07 Å². The lowest BCUT2D eigenvalue weighted by molar-refractivity contribution is -0.139. The molecule has 14 heteroatoms. The van der Waals surface area contributed by atoms with Gasteiger partial charge in [0.05, 0.1) is 25.3 Å². The Balaban J connectivity index is 1.77. The molecule has 9 nitrogen and oxygen atoms in total. The molecule has 2 aliphatic heterocycles. The van der Waals surface area contributed by atoms with Crippen LogP contribution < -0.4 is 5.32 Å². The zero-order valence-electron chi connectivity index (χ0n) is 21.2. The number of aliphatic imine (C=N–C) groups is 1. The van der Waals surface area contributed by atoms with Gasteiger partial charge in [-0.15, -0.1) is 11.3 Å². The van der Waals surface area contributed by atoms with E-state index < -0.39 is 48.7 Å². The molecule has 39 heavy (non-hydrogen) atoms. The van der Waals surface area contributed by atoms with Crippen LogP contribution in [0.5, 0.6) is 0 Å². The minimum Gasteiger partial charge on any atom is -0.480 e. The Bertz CT molecular complexity index is 1290. The van der Waals surface area contributed by atoms with Crippen LogP contribution in [0.1, 0.15) is 30.0 Å². The third-order valence-electron chi connectivity index (χ3n) is 6.29. The molecule has 1 saturated heterocycles. The predicted molar refractivity (Wildman–Crippen MR) is 140 cm³/mol. The summed E-state index contributed by atoms with van der Waals surface area (Å²) >= 11 is 7.66. The van der Waals surface area contributed by atoms with Gasteiger partial charge in [0.25, 0.3) is 5.92 Å². The molecule has 1 aromatic carbocycles. The van der Waals surface area contributed by atoms with Crippen molar-refractivity contribution < 1.29 is 32.6 Å². The van der Waals surface area contributed by atoms with E-state index in [2.05, 4.69) is 15.3 Å². The molecule has 0 aliphatic carbocycles. The van der Waals surface area contributed by atoms with Gasteiger partial charge >= 0.3 is 11.9 Å². The van der Waals surface area contributed by atoms with Crippen LogP contribution in [0.2, 0.25) is 5.02 Å². The third-order valence-corrected chi connectivity index (χ3v) is 7.39. The quantitative estimate of drug-likeness (QED) is 0.408. The van der Waals surface area contributed by atoms with Crippen LogP contribution in [0, 0.1) is 5.82 Å². The molecule has 2 N–H and O–H groups in total. The summed E-state index contributed by atoms with van der Waals surface area (Å²) in [6.07, 6.45) is 1.10.